The Morgan fingerprint density at radius 2 is 1.92 bits per heavy atom. The van der Waals surface area contributed by atoms with Gasteiger partial charge in [0.1, 0.15) is 18.9 Å². The Morgan fingerprint density at radius 3 is 2.72 bits per heavy atom. The number of hydrogen-bond donors (Lipinski definition) is 0. The monoisotopic (exact) mass is 480 g/mol. The van der Waals surface area contributed by atoms with Crippen LogP contribution < -0.4 is 9.47 Å². The normalized spacial score (nSPS) is 12.6. The zero-order valence-corrected chi connectivity index (χ0v) is 20.2. The van der Waals surface area contributed by atoms with Crippen LogP contribution in [0.1, 0.15) is 23.6 Å². The van der Waals surface area contributed by atoms with E-state index in [2.05, 4.69) is 17.1 Å². The van der Waals surface area contributed by atoms with Gasteiger partial charge in [-0.25, -0.2) is 0 Å². The highest BCUT2D eigenvalue weighted by molar-refractivity contribution is 5.92. The third-order valence-electron chi connectivity index (χ3n) is 6.02. The Balaban J connectivity index is 1.38. The number of fused-ring (bicyclic) bond motifs is 1. The van der Waals surface area contributed by atoms with E-state index in [4.69, 9.17) is 14.6 Å². The molecule has 36 heavy (non-hydrogen) atoms. The van der Waals surface area contributed by atoms with Gasteiger partial charge in [0.25, 0.3) is 0 Å². The minimum atomic E-state index is -0.0835. The van der Waals surface area contributed by atoms with Crippen molar-refractivity contribution in [3.8, 4) is 22.8 Å². The summed E-state index contributed by atoms with van der Waals surface area (Å²) >= 11 is 0. The summed E-state index contributed by atoms with van der Waals surface area (Å²) in [5.74, 6) is 1.37. The summed E-state index contributed by atoms with van der Waals surface area (Å²) in [6.07, 6.45) is 8.93. The van der Waals surface area contributed by atoms with Gasteiger partial charge in [-0.15, -0.1) is 0 Å². The summed E-state index contributed by atoms with van der Waals surface area (Å²) in [5.41, 5.74) is 4.63. The minimum absolute atomic E-state index is 0.0835. The fraction of sp³-hybridized carbons (Fsp3) is 0.207. The maximum absolute atomic E-state index is 13.2. The second-order valence-electron chi connectivity index (χ2n) is 8.48. The van der Waals surface area contributed by atoms with Gasteiger partial charge in [0, 0.05) is 54.4 Å². The predicted molar refractivity (Wildman–Crippen MR) is 139 cm³/mol. The molecule has 0 saturated heterocycles. The molecule has 0 spiro atoms. The summed E-state index contributed by atoms with van der Waals surface area (Å²) in [6.45, 7) is 4.65. The summed E-state index contributed by atoms with van der Waals surface area (Å²) in [7, 11) is 0. The average Bonchev–Trinajstić information content (AvgIpc) is 3.34. The van der Waals surface area contributed by atoms with Crippen LogP contribution in [0.2, 0.25) is 0 Å². The number of amides is 1. The number of rotatable bonds is 8. The third-order valence-corrected chi connectivity index (χ3v) is 6.02. The molecule has 3 heterocycles. The maximum Gasteiger partial charge on any atom is 0.246 e. The maximum atomic E-state index is 13.2. The van der Waals surface area contributed by atoms with E-state index in [9.17, 15) is 4.79 Å². The van der Waals surface area contributed by atoms with Gasteiger partial charge in [-0.1, -0.05) is 42.5 Å². The number of pyridine rings is 1. The standard InChI is InChI=1S/C29H28N4O3/c1-2-32(20-25-10-6-12-26-29(25)36-17-16-35-26)27(34)14-13-24-21-33(19-22-8-4-3-5-9-22)31-28(24)23-11-7-15-30-18-23/h3-15,18,21H,2,16-17,19-20H2,1H3/b14-13+. The molecule has 1 amide bonds. The number of carbonyl (C=O) groups excluding carboxylic acids is 1. The highest BCUT2D eigenvalue weighted by atomic mass is 16.6. The molecule has 2 aromatic heterocycles. The lowest BCUT2D eigenvalue weighted by molar-refractivity contribution is -0.126. The van der Waals surface area contributed by atoms with Crippen LogP contribution >= 0.6 is 0 Å². The molecule has 7 heteroatoms. The highest BCUT2D eigenvalue weighted by Crippen LogP contribution is 2.34. The van der Waals surface area contributed by atoms with Crippen molar-refractivity contribution in [2.75, 3.05) is 19.8 Å². The van der Waals surface area contributed by atoms with Crippen LogP contribution in [-0.2, 0) is 17.9 Å². The Hall–Kier alpha value is -4.39. The quantitative estimate of drug-likeness (QED) is 0.338. The van der Waals surface area contributed by atoms with E-state index >= 15 is 0 Å². The smallest absolute Gasteiger partial charge is 0.246 e. The van der Waals surface area contributed by atoms with Crippen LogP contribution in [0, 0.1) is 0 Å². The number of nitrogens with zero attached hydrogens (tertiary/aromatic N) is 4. The second-order valence-corrected chi connectivity index (χ2v) is 8.48. The molecule has 0 unspecified atom stereocenters. The number of para-hydroxylation sites is 1. The fourth-order valence-electron chi connectivity index (χ4n) is 4.21. The van der Waals surface area contributed by atoms with Gasteiger partial charge in [0.15, 0.2) is 11.5 Å². The van der Waals surface area contributed by atoms with Gasteiger partial charge in [-0.2, -0.15) is 5.10 Å². The molecule has 1 aliphatic heterocycles. The summed E-state index contributed by atoms with van der Waals surface area (Å²) in [6, 6.07) is 19.8. The number of hydrogen-bond acceptors (Lipinski definition) is 5. The number of carbonyl (C=O) groups is 1. The Bertz CT molecular complexity index is 1350. The van der Waals surface area contributed by atoms with Crippen LogP contribution in [0.25, 0.3) is 17.3 Å². The van der Waals surface area contributed by atoms with E-state index in [1.54, 1.807) is 23.4 Å². The van der Waals surface area contributed by atoms with E-state index in [0.29, 0.717) is 32.8 Å². The first kappa shape index (κ1) is 23.4. The average molecular weight is 481 g/mol. The highest BCUT2D eigenvalue weighted by Gasteiger charge is 2.19. The molecule has 4 aromatic rings. The van der Waals surface area contributed by atoms with Crippen molar-refractivity contribution in [3.05, 3.63) is 102 Å². The van der Waals surface area contributed by atoms with E-state index in [1.165, 1.54) is 0 Å². The molecule has 0 saturated carbocycles. The third kappa shape index (κ3) is 5.30. The molecule has 7 nitrogen and oxygen atoms in total. The Morgan fingerprint density at radius 1 is 1.06 bits per heavy atom. The van der Waals surface area contributed by atoms with Crippen LogP contribution in [-0.4, -0.2) is 45.3 Å². The molecule has 0 N–H and O–H groups in total. The first-order valence-electron chi connectivity index (χ1n) is 12.1. The van der Waals surface area contributed by atoms with Crippen molar-refractivity contribution in [3.63, 3.8) is 0 Å². The summed E-state index contributed by atoms with van der Waals surface area (Å²) in [5, 5.41) is 4.80. The molecule has 0 aliphatic carbocycles. The largest absolute Gasteiger partial charge is 0.486 e. The number of benzene rings is 2. The molecule has 0 radical (unpaired) electrons. The van der Waals surface area contributed by atoms with Gasteiger partial charge in [-0.05, 0) is 36.8 Å². The zero-order chi connectivity index (χ0) is 24.7. The van der Waals surface area contributed by atoms with Gasteiger partial charge >= 0.3 is 0 Å². The molecule has 0 fully saturated rings. The molecule has 1 aliphatic rings. The first-order chi connectivity index (χ1) is 17.7. The van der Waals surface area contributed by atoms with Crippen molar-refractivity contribution in [1.29, 1.82) is 0 Å². The van der Waals surface area contributed by atoms with Crippen LogP contribution in [0.3, 0.4) is 0 Å². The number of likely N-dealkylation sites (N-methyl/N-ethyl adjacent to an activating group) is 1. The number of aromatic nitrogens is 3. The second kappa shape index (κ2) is 10.9. The van der Waals surface area contributed by atoms with Gasteiger partial charge < -0.3 is 14.4 Å². The molecule has 0 bridgehead atoms. The van der Waals surface area contributed by atoms with Gasteiger partial charge in [0.2, 0.25) is 5.91 Å². The zero-order valence-electron chi connectivity index (χ0n) is 20.2. The van der Waals surface area contributed by atoms with Crippen molar-refractivity contribution < 1.29 is 14.3 Å². The molecular weight excluding hydrogens is 452 g/mol. The molecule has 0 atom stereocenters. The molecule has 182 valence electrons. The lowest BCUT2D eigenvalue weighted by atomic mass is 10.1. The van der Waals surface area contributed by atoms with Crippen LogP contribution in [0.15, 0.2) is 85.3 Å². The fourth-order valence-corrected chi connectivity index (χ4v) is 4.21. The van der Waals surface area contributed by atoms with Gasteiger partial charge in [0.05, 0.1) is 6.54 Å². The topological polar surface area (TPSA) is 69.5 Å². The SMILES string of the molecule is CCN(Cc1cccc2c1OCCO2)C(=O)/C=C/c1cn(Cc2ccccc2)nc1-c1cccnc1. The van der Waals surface area contributed by atoms with E-state index in [0.717, 1.165) is 39.4 Å². The molecular formula is C29H28N4O3. The number of ether oxygens (including phenoxy) is 2. The molecule has 5 rings (SSSR count). The minimum Gasteiger partial charge on any atom is -0.486 e. The van der Waals surface area contributed by atoms with Crippen molar-refractivity contribution in [2.24, 2.45) is 0 Å². The lowest BCUT2D eigenvalue weighted by Gasteiger charge is -2.24. The van der Waals surface area contributed by atoms with Crippen LogP contribution in [0.4, 0.5) is 0 Å². The predicted octanol–water partition coefficient (Wildman–Crippen LogP) is 4.83. The van der Waals surface area contributed by atoms with Crippen LogP contribution in [0.5, 0.6) is 11.5 Å². The van der Waals surface area contributed by atoms with Crippen molar-refractivity contribution in [1.82, 2.24) is 19.7 Å². The molecule has 2 aromatic carbocycles. The van der Waals surface area contributed by atoms with E-state index in [-0.39, 0.29) is 5.91 Å². The van der Waals surface area contributed by atoms with E-state index < -0.39 is 0 Å². The Kier molecular flexibility index (Phi) is 7.07. The van der Waals surface area contributed by atoms with E-state index in [1.807, 2.05) is 72.4 Å². The summed E-state index contributed by atoms with van der Waals surface area (Å²) in [4.78, 5) is 19.2. The summed E-state index contributed by atoms with van der Waals surface area (Å²) < 4.78 is 13.4. The van der Waals surface area contributed by atoms with Crippen molar-refractivity contribution in [2.45, 2.75) is 20.0 Å². The van der Waals surface area contributed by atoms with Gasteiger partial charge in [-0.3, -0.25) is 14.5 Å². The Labute approximate surface area is 210 Å². The van der Waals surface area contributed by atoms with Crippen molar-refractivity contribution >= 4 is 12.0 Å². The lowest BCUT2D eigenvalue weighted by Crippen LogP contribution is -2.29. The first-order valence-corrected chi connectivity index (χ1v) is 12.1.